The first-order valence-corrected chi connectivity index (χ1v) is 8.35. The molecule has 0 fully saturated rings. The third-order valence-electron chi connectivity index (χ3n) is 2.78. The first kappa shape index (κ1) is 16.2. The second-order valence-corrected chi connectivity index (χ2v) is 7.01. The third-order valence-corrected chi connectivity index (χ3v) is 4.64. The maximum Gasteiger partial charge on any atom is 0.243 e. The van der Waals surface area contributed by atoms with Gasteiger partial charge in [0.2, 0.25) is 10.0 Å². The van der Waals surface area contributed by atoms with Gasteiger partial charge in [-0.2, -0.15) is 0 Å². The highest BCUT2D eigenvalue weighted by molar-refractivity contribution is 9.10. The molecule has 2 rings (SSSR count). The molecule has 0 aliphatic carbocycles. The molecule has 21 heavy (non-hydrogen) atoms. The van der Waals surface area contributed by atoms with Gasteiger partial charge in [-0.05, 0) is 25.2 Å². The molecule has 0 aliphatic heterocycles. The van der Waals surface area contributed by atoms with E-state index in [-0.39, 0.29) is 23.5 Å². The first-order valence-electron chi connectivity index (χ1n) is 6.07. The average molecular weight is 377 g/mol. The van der Waals surface area contributed by atoms with Crippen molar-refractivity contribution in [3.05, 3.63) is 52.1 Å². The van der Waals surface area contributed by atoms with Gasteiger partial charge in [0.1, 0.15) is 10.7 Å². The van der Waals surface area contributed by atoms with Crippen molar-refractivity contribution in [2.75, 3.05) is 7.05 Å². The van der Waals surface area contributed by atoms with E-state index < -0.39 is 15.8 Å². The van der Waals surface area contributed by atoms with Gasteiger partial charge in [-0.3, -0.25) is 0 Å². The van der Waals surface area contributed by atoms with Gasteiger partial charge in [0.05, 0.1) is 12.5 Å². The van der Waals surface area contributed by atoms with E-state index in [1.165, 1.54) is 18.6 Å². The number of rotatable bonds is 6. The van der Waals surface area contributed by atoms with Crippen molar-refractivity contribution in [3.63, 3.8) is 0 Å². The minimum Gasteiger partial charge on any atom is -0.472 e. The first-order chi connectivity index (χ1) is 9.94. The van der Waals surface area contributed by atoms with E-state index in [9.17, 15) is 12.8 Å². The Kier molecular flexibility index (Phi) is 5.15. The highest BCUT2D eigenvalue weighted by atomic mass is 79.9. The van der Waals surface area contributed by atoms with Crippen molar-refractivity contribution in [1.82, 2.24) is 10.0 Å². The molecular weight excluding hydrogens is 363 g/mol. The topological polar surface area (TPSA) is 71.3 Å². The molecule has 0 unspecified atom stereocenters. The Morgan fingerprint density at radius 1 is 1.33 bits per heavy atom. The Bertz CT molecular complexity index is 717. The van der Waals surface area contributed by atoms with E-state index in [0.29, 0.717) is 10.0 Å². The largest absolute Gasteiger partial charge is 0.472 e. The van der Waals surface area contributed by atoms with E-state index in [1.54, 1.807) is 19.2 Å². The molecule has 2 aromatic rings. The SMILES string of the molecule is CNCc1cc(Br)cc(S(=O)(=O)NCc2ccoc2)c1F. The van der Waals surface area contributed by atoms with Crippen LogP contribution in [-0.2, 0) is 23.1 Å². The zero-order valence-corrected chi connectivity index (χ0v) is 13.6. The fraction of sp³-hybridized carbons (Fsp3) is 0.231. The van der Waals surface area contributed by atoms with Crippen molar-refractivity contribution in [2.45, 2.75) is 18.0 Å². The summed E-state index contributed by atoms with van der Waals surface area (Å²) in [5.41, 5.74) is 0.931. The molecule has 0 atom stereocenters. The smallest absolute Gasteiger partial charge is 0.243 e. The molecule has 0 spiro atoms. The fourth-order valence-corrected chi connectivity index (χ4v) is 3.60. The quantitative estimate of drug-likeness (QED) is 0.811. The molecule has 5 nitrogen and oxygen atoms in total. The van der Waals surface area contributed by atoms with E-state index >= 15 is 0 Å². The van der Waals surface area contributed by atoms with Crippen molar-refractivity contribution in [3.8, 4) is 0 Å². The molecule has 0 aliphatic rings. The lowest BCUT2D eigenvalue weighted by molar-refractivity contribution is 0.544. The molecule has 0 radical (unpaired) electrons. The molecule has 8 heteroatoms. The van der Waals surface area contributed by atoms with Crippen molar-refractivity contribution >= 4 is 26.0 Å². The van der Waals surface area contributed by atoms with Crippen molar-refractivity contribution in [2.24, 2.45) is 0 Å². The van der Waals surface area contributed by atoms with Crippen LogP contribution in [0.5, 0.6) is 0 Å². The van der Waals surface area contributed by atoms with Crippen LogP contribution < -0.4 is 10.0 Å². The summed E-state index contributed by atoms with van der Waals surface area (Å²) in [7, 11) is -2.30. The molecule has 1 heterocycles. The molecule has 2 N–H and O–H groups in total. The lowest BCUT2D eigenvalue weighted by Gasteiger charge is -2.11. The van der Waals surface area contributed by atoms with Gasteiger partial charge in [-0.25, -0.2) is 17.5 Å². The molecule has 1 aromatic carbocycles. The van der Waals surface area contributed by atoms with Gasteiger partial charge in [0, 0.05) is 28.7 Å². The molecule has 114 valence electrons. The van der Waals surface area contributed by atoms with Crippen LogP contribution in [0.1, 0.15) is 11.1 Å². The van der Waals surface area contributed by atoms with Gasteiger partial charge in [-0.15, -0.1) is 0 Å². The lowest BCUT2D eigenvalue weighted by atomic mass is 10.2. The summed E-state index contributed by atoms with van der Waals surface area (Å²) in [4.78, 5) is -0.384. The second-order valence-electron chi connectivity index (χ2n) is 4.36. The van der Waals surface area contributed by atoms with E-state index in [1.807, 2.05) is 0 Å². The summed E-state index contributed by atoms with van der Waals surface area (Å²) in [6.07, 6.45) is 2.86. The zero-order chi connectivity index (χ0) is 15.5. The van der Waals surface area contributed by atoms with Crippen LogP contribution in [0.2, 0.25) is 0 Å². The Morgan fingerprint density at radius 2 is 2.10 bits per heavy atom. The molecule has 0 amide bonds. The van der Waals surface area contributed by atoms with Crippen LogP contribution in [0.4, 0.5) is 4.39 Å². The van der Waals surface area contributed by atoms with Crippen LogP contribution in [0.25, 0.3) is 0 Å². The minimum atomic E-state index is -3.95. The highest BCUT2D eigenvalue weighted by Gasteiger charge is 2.22. The van der Waals surface area contributed by atoms with Crippen LogP contribution in [0, 0.1) is 5.82 Å². The number of hydrogen-bond donors (Lipinski definition) is 2. The van der Waals surface area contributed by atoms with Gasteiger partial charge in [0.15, 0.2) is 0 Å². The summed E-state index contributed by atoms with van der Waals surface area (Å²) in [6.45, 7) is 0.266. The van der Waals surface area contributed by atoms with Gasteiger partial charge < -0.3 is 9.73 Å². The van der Waals surface area contributed by atoms with E-state index in [4.69, 9.17) is 4.42 Å². The summed E-state index contributed by atoms with van der Waals surface area (Å²) in [5, 5.41) is 2.80. The average Bonchev–Trinajstić information content (AvgIpc) is 2.94. The number of sulfonamides is 1. The zero-order valence-electron chi connectivity index (χ0n) is 11.2. The lowest BCUT2D eigenvalue weighted by Crippen LogP contribution is -2.24. The standard InChI is InChI=1S/C13H14BrFN2O3S/c1-16-7-10-4-11(14)5-12(13(10)15)21(18,19)17-6-9-2-3-20-8-9/h2-5,8,16-17H,6-7H2,1H3. The monoisotopic (exact) mass is 376 g/mol. The van der Waals surface area contributed by atoms with Crippen LogP contribution in [0.15, 0.2) is 44.5 Å². The molecule has 0 saturated heterocycles. The summed E-state index contributed by atoms with van der Waals surface area (Å²) >= 11 is 3.20. The predicted molar refractivity (Wildman–Crippen MR) is 79.6 cm³/mol. The predicted octanol–water partition coefficient (Wildman–Crippen LogP) is 2.38. The normalized spacial score (nSPS) is 11.8. The van der Waals surface area contributed by atoms with E-state index in [2.05, 4.69) is 26.0 Å². The number of benzene rings is 1. The van der Waals surface area contributed by atoms with Crippen LogP contribution in [0.3, 0.4) is 0 Å². The van der Waals surface area contributed by atoms with E-state index in [0.717, 1.165) is 0 Å². The maximum atomic E-state index is 14.3. The summed E-state index contributed by atoms with van der Waals surface area (Å²) in [5.74, 6) is -0.757. The number of nitrogens with one attached hydrogen (secondary N) is 2. The molecular formula is C13H14BrFN2O3S. The Morgan fingerprint density at radius 3 is 2.71 bits per heavy atom. The van der Waals surface area contributed by atoms with Gasteiger partial charge in [-0.1, -0.05) is 15.9 Å². The Balaban J connectivity index is 2.30. The van der Waals surface area contributed by atoms with Crippen LogP contribution >= 0.6 is 15.9 Å². The summed E-state index contributed by atoms with van der Waals surface area (Å²) in [6, 6.07) is 4.42. The van der Waals surface area contributed by atoms with Crippen molar-refractivity contribution < 1.29 is 17.2 Å². The number of furan rings is 1. The van der Waals surface area contributed by atoms with Gasteiger partial charge >= 0.3 is 0 Å². The Labute approximate surface area is 130 Å². The summed E-state index contributed by atoms with van der Waals surface area (Å²) < 4.78 is 46.5. The minimum absolute atomic E-state index is 0.0339. The number of halogens is 2. The third kappa shape index (κ3) is 3.91. The van der Waals surface area contributed by atoms with Crippen molar-refractivity contribution in [1.29, 1.82) is 0 Å². The Hall–Kier alpha value is -1.22. The number of hydrogen-bond acceptors (Lipinski definition) is 4. The molecule has 0 bridgehead atoms. The van der Waals surface area contributed by atoms with Crippen LogP contribution in [-0.4, -0.2) is 15.5 Å². The highest BCUT2D eigenvalue weighted by Crippen LogP contribution is 2.24. The maximum absolute atomic E-state index is 14.3. The molecule has 0 saturated carbocycles. The fourth-order valence-electron chi connectivity index (χ4n) is 1.78. The second kappa shape index (κ2) is 6.69. The molecule has 1 aromatic heterocycles. The van der Waals surface area contributed by atoms with Gasteiger partial charge in [0.25, 0.3) is 0 Å².